The third-order valence-electron chi connectivity index (χ3n) is 6.86. The van der Waals surface area contributed by atoms with Gasteiger partial charge in [0, 0.05) is 19.2 Å². The Kier molecular flexibility index (Phi) is 7.49. The van der Waals surface area contributed by atoms with Crippen LogP contribution in [0, 0.1) is 0 Å². The summed E-state index contributed by atoms with van der Waals surface area (Å²) >= 11 is 0. The van der Waals surface area contributed by atoms with Gasteiger partial charge < -0.3 is 19.3 Å². The number of unbranched alkanes of at least 4 members (excludes halogenated alkanes) is 1. The van der Waals surface area contributed by atoms with Gasteiger partial charge in [0.1, 0.15) is 18.3 Å². The van der Waals surface area contributed by atoms with Crippen LogP contribution < -0.4 is 4.74 Å². The van der Waals surface area contributed by atoms with E-state index in [0.717, 1.165) is 69.3 Å². The molecule has 0 N–H and O–H groups in total. The van der Waals surface area contributed by atoms with Gasteiger partial charge in [-0.2, -0.15) is 0 Å². The molecule has 6 nitrogen and oxygen atoms in total. The van der Waals surface area contributed by atoms with Crippen LogP contribution in [-0.4, -0.2) is 60.1 Å². The minimum absolute atomic E-state index is 0.0251. The minimum Gasteiger partial charge on any atom is -0.494 e. The summed E-state index contributed by atoms with van der Waals surface area (Å²) in [5.74, 6) is 0.902. The van der Waals surface area contributed by atoms with Gasteiger partial charge in [0.25, 0.3) is 5.91 Å². The van der Waals surface area contributed by atoms with E-state index >= 15 is 0 Å². The van der Waals surface area contributed by atoms with Gasteiger partial charge in [-0.1, -0.05) is 44.7 Å². The van der Waals surface area contributed by atoms with E-state index in [1.54, 1.807) is 4.90 Å². The molecule has 1 aliphatic carbocycles. The molecule has 0 bridgehead atoms. The molecule has 1 saturated carbocycles. The molecule has 31 heavy (non-hydrogen) atoms. The summed E-state index contributed by atoms with van der Waals surface area (Å²) < 4.78 is 11.6. The van der Waals surface area contributed by atoms with E-state index < -0.39 is 6.04 Å². The Morgan fingerprint density at radius 3 is 2.48 bits per heavy atom. The van der Waals surface area contributed by atoms with Crippen LogP contribution in [0.4, 0.5) is 0 Å². The van der Waals surface area contributed by atoms with Crippen molar-refractivity contribution in [3.8, 4) is 5.75 Å². The smallest absolute Gasteiger partial charge is 0.250 e. The normalized spacial score (nSPS) is 25.3. The number of carbonyl (C=O) groups excluding carboxylic acids is 2. The van der Waals surface area contributed by atoms with Gasteiger partial charge in [0.15, 0.2) is 0 Å². The van der Waals surface area contributed by atoms with E-state index in [4.69, 9.17) is 9.47 Å². The monoisotopic (exact) mass is 428 g/mol. The summed E-state index contributed by atoms with van der Waals surface area (Å²) in [7, 11) is 0. The molecule has 2 saturated heterocycles. The fraction of sp³-hybridized carbons (Fsp3) is 0.680. The zero-order valence-electron chi connectivity index (χ0n) is 18.8. The molecule has 0 aromatic heterocycles. The van der Waals surface area contributed by atoms with Crippen molar-refractivity contribution in [2.45, 2.75) is 82.9 Å². The van der Waals surface area contributed by atoms with Gasteiger partial charge in [-0.15, -0.1) is 0 Å². The number of benzene rings is 1. The Balaban J connectivity index is 1.56. The highest BCUT2D eigenvalue weighted by atomic mass is 16.5. The highest BCUT2D eigenvalue weighted by molar-refractivity contribution is 5.95. The van der Waals surface area contributed by atoms with Crippen molar-refractivity contribution >= 4 is 11.8 Å². The lowest BCUT2D eigenvalue weighted by atomic mass is 9.91. The summed E-state index contributed by atoms with van der Waals surface area (Å²) in [6, 6.07) is 7.36. The first kappa shape index (κ1) is 22.1. The topological polar surface area (TPSA) is 59.1 Å². The molecule has 0 radical (unpaired) electrons. The number of rotatable bonds is 8. The molecule has 2 aliphatic heterocycles. The molecule has 6 heteroatoms. The third-order valence-corrected chi connectivity index (χ3v) is 6.86. The second-order valence-electron chi connectivity index (χ2n) is 9.11. The Morgan fingerprint density at radius 2 is 1.81 bits per heavy atom. The van der Waals surface area contributed by atoms with E-state index in [-0.39, 0.29) is 30.5 Å². The number of piperazine rings is 1. The molecule has 2 heterocycles. The summed E-state index contributed by atoms with van der Waals surface area (Å²) in [4.78, 5) is 30.6. The molecule has 0 spiro atoms. The molecule has 3 aliphatic rings. The molecular weight excluding hydrogens is 392 g/mol. The number of nitrogens with zero attached hydrogens (tertiary/aromatic N) is 2. The first-order valence-corrected chi connectivity index (χ1v) is 12.1. The number of hydrogen-bond acceptors (Lipinski definition) is 4. The van der Waals surface area contributed by atoms with Gasteiger partial charge in [-0.25, -0.2) is 0 Å². The Morgan fingerprint density at radius 1 is 1.03 bits per heavy atom. The second-order valence-corrected chi connectivity index (χ2v) is 9.11. The zero-order valence-corrected chi connectivity index (χ0v) is 18.8. The third kappa shape index (κ3) is 5.22. The molecule has 2 atom stereocenters. The van der Waals surface area contributed by atoms with Gasteiger partial charge in [0.05, 0.1) is 12.7 Å². The van der Waals surface area contributed by atoms with Crippen LogP contribution >= 0.6 is 0 Å². The standard InChI is InChI=1S/C25H36N2O4/c1-2-3-15-30-21-13-11-19(12-14-21)24-25(29)26(20-8-5-4-6-9-20)18-23(28)27(24)17-22-10-7-16-31-22/h11-14,20,22,24H,2-10,15-18H2,1H3/t22-,24+/m1/s1. The van der Waals surface area contributed by atoms with E-state index in [2.05, 4.69) is 6.92 Å². The van der Waals surface area contributed by atoms with Crippen LogP contribution in [0.25, 0.3) is 0 Å². The van der Waals surface area contributed by atoms with Gasteiger partial charge in [-0.3, -0.25) is 9.59 Å². The number of carbonyl (C=O) groups is 2. The molecule has 2 amide bonds. The van der Waals surface area contributed by atoms with Crippen molar-refractivity contribution in [3.63, 3.8) is 0 Å². The SMILES string of the molecule is CCCCOc1ccc([C@H]2C(=O)N(C3CCCCC3)CC(=O)N2C[C@H]2CCCO2)cc1. The van der Waals surface area contributed by atoms with Crippen molar-refractivity contribution < 1.29 is 19.1 Å². The van der Waals surface area contributed by atoms with Crippen molar-refractivity contribution in [3.05, 3.63) is 29.8 Å². The highest BCUT2D eigenvalue weighted by Crippen LogP contribution is 2.34. The lowest BCUT2D eigenvalue weighted by molar-refractivity contribution is -0.160. The summed E-state index contributed by atoms with van der Waals surface area (Å²) in [6.07, 6.45) is 9.59. The van der Waals surface area contributed by atoms with Crippen LogP contribution in [-0.2, 0) is 14.3 Å². The Labute approximate surface area is 185 Å². The Bertz CT molecular complexity index is 738. The van der Waals surface area contributed by atoms with Crippen LogP contribution in [0.15, 0.2) is 24.3 Å². The largest absolute Gasteiger partial charge is 0.494 e. The van der Waals surface area contributed by atoms with Crippen molar-refractivity contribution in [2.75, 3.05) is 26.3 Å². The molecule has 170 valence electrons. The van der Waals surface area contributed by atoms with E-state index in [1.165, 1.54) is 6.42 Å². The number of hydrogen-bond donors (Lipinski definition) is 0. The van der Waals surface area contributed by atoms with E-state index in [0.29, 0.717) is 13.2 Å². The summed E-state index contributed by atoms with van der Waals surface area (Å²) in [5, 5.41) is 0. The minimum atomic E-state index is -0.572. The quantitative estimate of drug-likeness (QED) is 0.585. The van der Waals surface area contributed by atoms with Gasteiger partial charge >= 0.3 is 0 Å². The number of amides is 2. The van der Waals surface area contributed by atoms with Crippen molar-refractivity contribution in [2.24, 2.45) is 0 Å². The average molecular weight is 429 g/mol. The molecule has 1 aromatic rings. The highest BCUT2D eigenvalue weighted by Gasteiger charge is 2.43. The second kappa shape index (κ2) is 10.5. The van der Waals surface area contributed by atoms with Gasteiger partial charge in [0.2, 0.25) is 5.91 Å². The number of ether oxygens (including phenoxy) is 2. The van der Waals surface area contributed by atoms with Crippen LogP contribution in [0.2, 0.25) is 0 Å². The lowest BCUT2D eigenvalue weighted by Gasteiger charge is -2.45. The maximum atomic E-state index is 13.7. The van der Waals surface area contributed by atoms with Crippen LogP contribution in [0.3, 0.4) is 0 Å². The first-order valence-electron chi connectivity index (χ1n) is 12.1. The first-order chi connectivity index (χ1) is 15.2. The van der Waals surface area contributed by atoms with E-state index in [1.807, 2.05) is 29.2 Å². The Hall–Kier alpha value is -2.08. The molecular formula is C25H36N2O4. The van der Waals surface area contributed by atoms with E-state index in [9.17, 15) is 9.59 Å². The van der Waals surface area contributed by atoms with Crippen molar-refractivity contribution in [1.29, 1.82) is 0 Å². The maximum Gasteiger partial charge on any atom is 0.250 e. The molecule has 1 aromatic carbocycles. The maximum absolute atomic E-state index is 13.7. The zero-order chi connectivity index (χ0) is 21.6. The van der Waals surface area contributed by atoms with Crippen LogP contribution in [0.1, 0.15) is 76.3 Å². The predicted octanol–water partition coefficient (Wildman–Crippen LogP) is 4.09. The molecule has 0 unspecified atom stereocenters. The average Bonchev–Trinajstić information content (AvgIpc) is 3.31. The molecule has 3 fully saturated rings. The molecule has 4 rings (SSSR count). The van der Waals surface area contributed by atoms with Crippen molar-refractivity contribution in [1.82, 2.24) is 9.80 Å². The predicted molar refractivity (Wildman–Crippen MR) is 119 cm³/mol. The lowest BCUT2D eigenvalue weighted by Crippen LogP contribution is -2.59. The fourth-order valence-electron chi connectivity index (χ4n) is 5.07. The van der Waals surface area contributed by atoms with Gasteiger partial charge in [-0.05, 0) is 49.8 Å². The summed E-state index contributed by atoms with van der Waals surface area (Å²) in [5.41, 5.74) is 0.861. The fourth-order valence-corrected chi connectivity index (χ4v) is 5.07. The summed E-state index contributed by atoms with van der Waals surface area (Å²) in [6.45, 7) is 4.26. The van der Waals surface area contributed by atoms with Crippen LogP contribution in [0.5, 0.6) is 5.75 Å².